The maximum Gasteiger partial charge on any atom is 0.326 e. The largest absolute Gasteiger partial charge is 0.497 e. The van der Waals surface area contributed by atoms with Crippen molar-refractivity contribution in [2.45, 2.75) is 26.3 Å². The summed E-state index contributed by atoms with van der Waals surface area (Å²) in [7, 11) is 3.14. The third-order valence-corrected chi connectivity index (χ3v) is 2.99. The molecule has 0 saturated heterocycles. The van der Waals surface area contributed by atoms with Gasteiger partial charge in [0.15, 0.2) is 0 Å². The molecule has 0 aromatic heterocycles. The molecule has 1 unspecified atom stereocenters. The van der Waals surface area contributed by atoms with Crippen molar-refractivity contribution in [1.29, 1.82) is 0 Å². The number of carboxylic acids is 1. The molecule has 19 heavy (non-hydrogen) atoms. The lowest BCUT2D eigenvalue weighted by atomic mass is 10.2. The molecular weight excluding hydrogens is 246 g/mol. The van der Waals surface area contributed by atoms with E-state index in [-0.39, 0.29) is 0 Å². The van der Waals surface area contributed by atoms with Crippen molar-refractivity contribution in [3.63, 3.8) is 0 Å². The molecule has 1 N–H and O–H groups in total. The molecule has 0 heterocycles. The van der Waals surface area contributed by atoms with Crippen LogP contribution in [0.2, 0.25) is 0 Å². The zero-order chi connectivity index (χ0) is 14.4. The van der Waals surface area contributed by atoms with Crippen LogP contribution in [0.25, 0.3) is 0 Å². The summed E-state index contributed by atoms with van der Waals surface area (Å²) in [4.78, 5) is 13.0. The van der Waals surface area contributed by atoms with Crippen molar-refractivity contribution in [2.75, 3.05) is 25.7 Å². The Labute approximate surface area is 113 Å². The Bertz CT molecular complexity index is 433. The van der Waals surface area contributed by atoms with Gasteiger partial charge in [-0.1, -0.05) is 6.92 Å². The first kappa shape index (κ1) is 15.1. The highest BCUT2D eigenvalue weighted by molar-refractivity contribution is 5.79. The molecule has 5 nitrogen and oxygen atoms in total. The molecule has 1 aromatic carbocycles. The number of methoxy groups -OCH3 is 2. The quantitative estimate of drug-likeness (QED) is 0.822. The van der Waals surface area contributed by atoms with Gasteiger partial charge in [0.2, 0.25) is 0 Å². The van der Waals surface area contributed by atoms with Gasteiger partial charge in [0.05, 0.1) is 19.9 Å². The lowest BCUT2D eigenvalue weighted by Crippen LogP contribution is -2.39. The second-order valence-corrected chi connectivity index (χ2v) is 4.25. The number of hydrogen-bond donors (Lipinski definition) is 1. The number of rotatable bonds is 7. The molecule has 106 valence electrons. The summed E-state index contributed by atoms with van der Waals surface area (Å²) in [5.74, 6) is 0.437. The van der Waals surface area contributed by atoms with Gasteiger partial charge in [-0.2, -0.15) is 0 Å². The summed E-state index contributed by atoms with van der Waals surface area (Å²) in [6.45, 7) is 4.33. The summed E-state index contributed by atoms with van der Waals surface area (Å²) in [6, 6.07) is 4.77. The van der Waals surface area contributed by atoms with E-state index in [1.165, 1.54) is 0 Å². The van der Waals surface area contributed by atoms with Crippen LogP contribution in [-0.4, -0.2) is 37.9 Å². The molecule has 5 heteroatoms. The van der Waals surface area contributed by atoms with E-state index in [2.05, 4.69) is 0 Å². The van der Waals surface area contributed by atoms with Gasteiger partial charge in [0, 0.05) is 12.6 Å². The molecule has 1 aromatic rings. The first-order valence-corrected chi connectivity index (χ1v) is 6.26. The summed E-state index contributed by atoms with van der Waals surface area (Å²) in [5, 5.41) is 9.20. The molecule has 0 saturated carbocycles. The molecule has 0 aliphatic rings. The summed E-state index contributed by atoms with van der Waals surface area (Å²) >= 11 is 0. The van der Waals surface area contributed by atoms with Crippen molar-refractivity contribution in [3.8, 4) is 11.5 Å². The molecule has 0 bridgehead atoms. The van der Waals surface area contributed by atoms with Crippen molar-refractivity contribution >= 4 is 11.7 Å². The van der Waals surface area contributed by atoms with Gasteiger partial charge in [0.1, 0.15) is 17.5 Å². The van der Waals surface area contributed by atoms with Gasteiger partial charge in [-0.15, -0.1) is 0 Å². The fraction of sp³-hybridized carbons (Fsp3) is 0.500. The van der Waals surface area contributed by atoms with Gasteiger partial charge in [-0.05, 0) is 25.5 Å². The molecule has 0 amide bonds. The van der Waals surface area contributed by atoms with Crippen molar-refractivity contribution < 1.29 is 19.4 Å². The first-order valence-electron chi connectivity index (χ1n) is 6.26. The normalized spacial score (nSPS) is 11.8. The van der Waals surface area contributed by atoms with E-state index in [0.717, 1.165) is 12.1 Å². The van der Waals surface area contributed by atoms with Crippen LogP contribution in [-0.2, 0) is 4.79 Å². The standard InChI is InChI=1S/C14H21NO4/c1-5-8-15(10(2)14(16)17)12-7-6-11(18-3)9-13(12)19-4/h6-7,9-10H,5,8H2,1-4H3,(H,16,17). The number of carbonyl (C=O) groups is 1. The van der Waals surface area contributed by atoms with Crippen LogP contribution in [0.4, 0.5) is 5.69 Å². The smallest absolute Gasteiger partial charge is 0.326 e. The van der Waals surface area contributed by atoms with E-state index >= 15 is 0 Å². The molecular formula is C14H21NO4. The van der Waals surface area contributed by atoms with Gasteiger partial charge < -0.3 is 19.5 Å². The molecule has 1 atom stereocenters. The molecule has 0 aliphatic heterocycles. The molecule has 1 rings (SSSR count). The molecule has 0 spiro atoms. The third-order valence-electron chi connectivity index (χ3n) is 2.99. The third kappa shape index (κ3) is 3.53. The number of aliphatic carboxylic acids is 1. The van der Waals surface area contributed by atoms with Gasteiger partial charge in [0.25, 0.3) is 0 Å². The van der Waals surface area contributed by atoms with E-state index < -0.39 is 12.0 Å². The highest BCUT2D eigenvalue weighted by atomic mass is 16.5. The summed E-state index contributed by atoms with van der Waals surface area (Å²) in [6.07, 6.45) is 0.854. The second kappa shape index (κ2) is 6.87. The molecule has 0 aliphatic carbocycles. The predicted molar refractivity (Wildman–Crippen MR) is 74.3 cm³/mol. The van der Waals surface area contributed by atoms with E-state index in [0.29, 0.717) is 18.0 Å². The number of hydrogen-bond acceptors (Lipinski definition) is 4. The zero-order valence-electron chi connectivity index (χ0n) is 11.8. The number of anilines is 1. The first-order chi connectivity index (χ1) is 9.04. The fourth-order valence-electron chi connectivity index (χ4n) is 1.92. The number of nitrogens with zero attached hydrogens (tertiary/aromatic N) is 1. The van der Waals surface area contributed by atoms with Gasteiger partial charge >= 0.3 is 5.97 Å². The average Bonchev–Trinajstić information content (AvgIpc) is 2.43. The van der Waals surface area contributed by atoms with Crippen LogP contribution >= 0.6 is 0 Å². The van der Waals surface area contributed by atoms with Crippen LogP contribution in [0, 0.1) is 0 Å². The fourth-order valence-corrected chi connectivity index (χ4v) is 1.92. The van der Waals surface area contributed by atoms with Crippen LogP contribution < -0.4 is 14.4 Å². The lowest BCUT2D eigenvalue weighted by molar-refractivity contribution is -0.138. The van der Waals surface area contributed by atoms with E-state index in [4.69, 9.17) is 9.47 Å². The average molecular weight is 267 g/mol. The lowest BCUT2D eigenvalue weighted by Gasteiger charge is -2.29. The highest BCUT2D eigenvalue weighted by Crippen LogP contribution is 2.33. The molecule has 0 fully saturated rings. The van der Waals surface area contributed by atoms with E-state index in [9.17, 15) is 9.90 Å². The second-order valence-electron chi connectivity index (χ2n) is 4.25. The van der Waals surface area contributed by atoms with Crippen molar-refractivity contribution in [3.05, 3.63) is 18.2 Å². The van der Waals surface area contributed by atoms with Crippen LogP contribution in [0.3, 0.4) is 0 Å². The topological polar surface area (TPSA) is 59.0 Å². The number of benzene rings is 1. The minimum Gasteiger partial charge on any atom is -0.497 e. The maximum absolute atomic E-state index is 11.2. The predicted octanol–water partition coefficient (Wildman–Crippen LogP) is 2.39. The maximum atomic E-state index is 11.2. The summed E-state index contributed by atoms with van der Waals surface area (Å²) < 4.78 is 10.5. The van der Waals surface area contributed by atoms with Crippen LogP contribution in [0.1, 0.15) is 20.3 Å². The molecule has 0 radical (unpaired) electrons. The Hall–Kier alpha value is -1.91. The van der Waals surface area contributed by atoms with Crippen molar-refractivity contribution in [2.24, 2.45) is 0 Å². The minimum atomic E-state index is -0.855. The van der Waals surface area contributed by atoms with Gasteiger partial charge in [-0.25, -0.2) is 4.79 Å². The van der Waals surface area contributed by atoms with E-state index in [1.54, 1.807) is 33.3 Å². The van der Waals surface area contributed by atoms with Gasteiger partial charge in [-0.3, -0.25) is 0 Å². The number of ether oxygens (including phenoxy) is 2. The minimum absolute atomic E-state index is 0.609. The highest BCUT2D eigenvalue weighted by Gasteiger charge is 2.23. The Morgan fingerprint density at radius 3 is 2.53 bits per heavy atom. The Kier molecular flexibility index (Phi) is 5.48. The Morgan fingerprint density at radius 1 is 1.37 bits per heavy atom. The zero-order valence-corrected chi connectivity index (χ0v) is 11.8. The van der Waals surface area contributed by atoms with Crippen LogP contribution in [0.15, 0.2) is 18.2 Å². The monoisotopic (exact) mass is 267 g/mol. The Morgan fingerprint density at radius 2 is 2.05 bits per heavy atom. The van der Waals surface area contributed by atoms with Crippen LogP contribution in [0.5, 0.6) is 11.5 Å². The number of carboxylic acid groups (broad SMARTS) is 1. The Balaban J connectivity index is 3.17. The SMILES string of the molecule is CCCN(c1ccc(OC)cc1OC)C(C)C(=O)O. The van der Waals surface area contributed by atoms with Crippen molar-refractivity contribution in [1.82, 2.24) is 0 Å². The van der Waals surface area contributed by atoms with E-state index in [1.807, 2.05) is 17.9 Å². The summed E-state index contributed by atoms with van der Waals surface area (Å²) in [5.41, 5.74) is 0.764.